The Bertz CT molecular complexity index is 1650. The van der Waals surface area contributed by atoms with E-state index in [1.54, 1.807) is 6.08 Å². The summed E-state index contributed by atoms with van der Waals surface area (Å²) in [6, 6.07) is -0.893. The van der Waals surface area contributed by atoms with Gasteiger partial charge in [-0.25, -0.2) is 0 Å². The second kappa shape index (κ2) is 59.8. The Labute approximate surface area is 489 Å². The molecule has 0 aliphatic heterocycles. The van der Waals surface area contributed by atoms with Gasteiger partial charge in [-0.15, -0.1) is 0 Å². The van der Waals surface area contributed by atoms with Crippen LogP contribution in [-0.4, -0.2) is 68.5 Å². The van der Waals surface area contributed by atoms with Crippen LogP contribution in [0.2, 0.25) is 0 Å². The van der Waals surface area contributed by atoms with Crippen molar-refractivity contribution in [3.63, 3.8) is 0 Å². The number of nitrogens with one attached hydrogen (secondary N) is 1. The molecule has 3 unspecified atom stereocenters. The van der Waals surface area contributed by atoms with E-state index in [1.165, 1.54) is 167 Å². The monoisotopic (exact) mass is 1120 g/mol. The van der Waals surface area contributed by atoms with Crippen molar-refractivity contribution in [2.75, 3.05) is 40.9 Å². The molecule has 0 fully saturated rings. The predicted octanol–water partition coefficient (Wildman–Crippen LogP) is 20.1. The largest absolute Gasteiger partial charge is 0.756 e. The number of amides is 1. The summed E-state index contributed by atoms with van der Waals surface area (Å²) in [7, 11) is 1.26. The maximum Gasteiger partial charge on any atom is 0.268 e. The number of aliphatic hydroxyl groups is 1. The van der Waals surface area contributed by atoms with Crippen LogP contribution in [0.4, 0.5) is 0 Å². The van der Waals surface area contributed by atoms with Gasteiger partial charge in [-0.2, -0.15) is 0 Å². The summed E-state index contributed by atoms with van der Waals surface area (Å²) in [6.45, 7) is 4.55. The molecule has 0 saturated carbocycles. The minimum absolute atomic E-state index is 0.00410. The molecule has 2 N–H and O–H groups in total. The second-order valence-electron chi connectivity index (χ2n) is 23.1. The molecule has 0 aromatic heterocycles. The van der Waals surface area contributed by atoms with Crippen molar-refractivity contribution in [1.82, 2.24) is 5.32 Å². The number of rotatable bonds is 59. The van der Waals surface area contributed by atoms with Crippen LogP contribution in [0.5, 0.6) is 0 Å². The number of carbonyl (C=O) groups is 1. The van der Waals surface area contributed by atoms with Gasteiger partial charge < -0.3 is 28.8 Å². The van der Waals surface area contributed by atoms with Crippen LogP contribution < -0.4 is 10.2 Å². The van der Waals surface area contributed by atoms with Gasteiger partial charge in [0.05, 0.1) is 39.9 Å². The normalized spacial score (nSPS) is 14.5. The molecule has 0 radical (unpaired) electrons. The fraction of sp³-hybridized carbons (Fsp3) is 0.729. The van der Waals surface area contributed by atoms with E-state index in [4.69, 9.17) is 9.05 Å². The van der Waals surface area contributed by atoms with Crippen LogP contribution >= 0.6 is 7.82 Å². The molecule has 456 valence electrons. The SMILES string of the molecule is CC/C=C\C/C=C\C/C=C\C/C=C\C/C=C\C/C=C\C/C=C\C/C=C\CCCCCCCCCCCCCCCCC(=O)NC(COP(=O)([O-])OCC[N+](C)(C)C)C(O)/C=C/CCCCCCCCCCCCCCCCCC. The molecule has 0 rings (SSSR count). The molecular formula is C70H125N2O6P. The number of nitrogens with zero attached hydrogens (tertiary/aromatic N) is 1. The summed E-state index contributed by atoms with van der Waals surface area (Å²) in [6.07, 6.45) is 87.5. The van der Waals surface area contributed by atoms with Crippen LogP contribution in [0.3, 0.4) is 0 Å². The lowest BCUT2D eigenvalue weighted by atomic mass is 10.0. The first-order valence-corrected chi connectivity index (χ1v) is 34.2. The third-order valence-electron chi connectivity index (χ3n) is 14.2. The molecule has 1 amide bonds. The Kier molecular flexibility index (Phi) is 57.6. The first-order chi connectivity index (χ1) is 38.5. The maximum atomic E-state index is 13.0. The lowest BCUT2D eigenvalue weighted by Gasteiger charge is -2.29. The van der Waals surface area contributed by atoms with E-state index < -0.39 is 20.0 Å². The maximum absolute atomic E-state index is 13.0. The summed E-state index contributed by atoms with van der Waals surface area (Å²) in [5.74, 6) is -0.199. The molecule has 0 aliphatic carbocycles. The van der Waals surface area contributed by atoms with Crippen LogP contribution in [-0.2, 0) is 18.4 Å². The van der Waals surface area contributed by atoms with Crippen molar-refractivity contribution in [3.05, 3.63) is 109 Å². The van der Waals surface area contributed by atoms with Crippen molar-refractivity contribution in [1.29, 1.82) is 0 Å². The van der Waals surface area contributed by atoms with Gasteiger partial charge in [0.1, 0.15) is 13.2 Å². The summed E-state index contributed by atoms with van der Waals surface area (Å²) < 4.78 is 23.4. The zero-order valence-electron chi connectivity index (χ0n) is 52.0. The number of hydrogen-bond acceptors (Lipinski definition) is 6. The Morgan fingerprint density at radius 3 is 1.13 bits per heavy atom. The third-order valence-corrected chi connectivity index (χ3v) is 15.2. The van der Waals surface area contributed by atoms with Crippen LogP contribution in [0.25, 0.3) is 0 Å². The average molecular weight is 1120 g/mol. The smallest absolute Gasteiger partial charge is 0.268 e. The molecule has 0 saturated heterocycles. The standard InChI is InChI=1S/C70H125N2O6P/c1-6-8-10-12-14-16-18-20-22-24-26-27-28-29-30-31-32-33-34-35-36-37-38-39-40-41-42-43-44-45-46-48-50-52-54-56-58-60-62-64-70(74)71-68(67-78-79(75,76)77-66-65-72(3,4)5)69(73)63-61-59-57-55-53-51-49-47-25-23-21-19-17-15-13-11-9-7-2/h8,10,14,16,20,22,26-27,29-30,32-33,35-36,38-39,61,63,68-69,73H,6-7,9,11-13,15,17-19,21,23-25,28,31,34,37,40-60,62,64-67H2,1-5H3,(H-,71,74,75,76)/b10-8-,16-14-,22-20-,27-26-,30-29-,33-32-,36-35-,39-38-,63-61+. The van der Waals surface area contributed by atoms with Crippen LogP contribution in [0.15, 0.2) is 109 Å². The van der Waals surface area contributed by atoms with Gasteiger partial charge in [-0.3, -0.25) is 9.36 Å². The number of allylic oxidation sites excluding steroid dienone is 17. The third kappa shape index (κ3) is 62.6. The Balaban J connectivity index is 4.06. The highest BCUT2D eigenvalue weighted by molar-refractivity contribution is 7.45. The van der Waals surface area contributed by atoms with E-state index in [0.29, 0.717) is 17.4 Å². The van der Waals surface area contributed by atoms with E-state index in [2.05, 4.69) is 116 Å². The van der Waals surface area contributed by atoms with Gasteiger partial charge in [0.25, 0.3) is 7.82 Å². The lowest BCUT2D eigenvalue weighted by molar-refractivity contribution is -0.870. The van der Waals surface area contributed by atoms with E-state index >= 15 is 0 Å². The zero-order valence-corrected chi connectivity index (χ0v) is 52.9. The molecule has 8 nitrogen and oxygen atoms in total. The first kappa shape index (κ1) is 76.2. The topological polar surface area (TPSA) is 108 Å². The highest BCUT2D eigenvalue weighted by atomic mass is 31.2. The second-order valence-corrected chi connectivity index (χ2v) is 24.5. The Morgan fingerprint density at radius 1 is 0.456 bits per heavy atom. The van der Waals surface area contributed by atoms with Crippen molar-refractivity contribution in [2.24, 2.45) is 0 Å². The quantitative estimate of drug-likeness (QED) is 0.0272. The summed E-state index contributed by atoms with van der Waals surface area (Å²) in [4.78, 5) is 25.6. The van der Waals surface area contributed by atoms with Gasteiger partial charge in [0, 0.05) is 6.42 Å². The van der Waals surface area contributed by atoms with Gasteiger partial charge >= 0.3 is 0 Å². The minimum Gasteiger partial charge on any atom is -0.756 e. The van der Waals surface area contributed by atoms with E-state index in [1.807, 2.05) is 27.2 Å². The zero-order chi connectivity index (χ0) is 57.7. The van der Waals surface area contributed by atoms with E-state index in [9.17, 15) is 19.4 Å². The minimum atomic E-state index is -4.60. The van der Waals surface area contributed by atoms with Crippen molar-refractivity contribution in [2.45, 2.75) is 289 Å². The fourth-order valence-corrected chi connectivity index (χ4v) is 9.89. The molecule has 0 aliphatic rings. The first-order valence-electron chi connectivity index (χ1n) is 32.7. The molecule has 79 heavy (non-hydrogen) atoms. The van der Waals surface area contributed by atoms with Crippen molar-refractivity contribution >= 4 is 13.7 Å². The Morgan fingerprint density at radius 2 is 0.772 bits per heavy atom. The summed E-state index contributed by atoms with van der Waals surface area (Å²) >= 11 is 0. The molecule has 0 aromatic carbocycles. The molecule has 3 atom stereocenters. The van der Waals surface area contributed by atoms with Crippen molar-refractivity contribution < 1.29 is 32.9 Å². The van der Waals surface area contributed by atoms with Gasteiger partial charge in [-0.1, -0.05) is 297 Å². The molecule has 9 heteroatoms. The number of hydrogen-bond donors (Lipinski definition) is 2. The lowest BCUT2D eigenvalue weighted by Crippen LogP contribution is -2.45. The molecule has 0 spiro atoms. The van der Waals surface area contributed by atoms with Crippen molar-refractivity contribution in [3.8, 4) is 0 Å². The van der Waals surface area contributed by atoms with E-state index in [-0.39, 0.29) is 19.1 Å². The highest BCUT2D eigenvalue weighted by Crippen LogP contribution is 2.38. The van der Waals surface area contributed by atoms with Crippen LogP contribution in [0.1, 0.15) is 277 Å². The van der Waals surface area contributed by atoms with Gasteiger partial charge in [0.2, 0.25) is 5.91 Å². The van der Waals surface area contributed by atoms with Crippen LogP contribution in [0, 0.1) is 0 Å². The number of aliphatic hydroxyl groups excluding tert-OH is 1. The predicted molar refractivity (Wildman–Crippen MR) is 343 cm³/mol. The summed E-state index contributed by atoms with van der Waals surface area (Å²) in [5.41, 5.74) is 0. The number of quaternary nitrogens is 1. The highest BCUT2D eigenvalue weighted by Gasteiger charge is 2.23. The molecule has 0 bridgehead atoms. The number of phosphoric acid groups is 1. The Hall–Kier alpha value is -2.84. The fourth-order valence-electron chi connectivity index (χ4n) is 9.17. The summed E-state index contributed by atoms with van der Waals surface area (Å²) in [5, 5.41) is 13.9. The molecule has 0 heterocycles. The number of unbranched alkanes of at least 4 members (excludes halogenated alkanes) is 30. The van der Waals surface area contributed by atoms with E-state index in [0.717, 1.165) is 89.9 Å². The van der Waals surface area contributed by atoms with Gasteiger partial charge in [-0.05, 0) is 83.5 Å². The number of carbonyl (C=O) groups excluding carboxylic acids is 1. The average Bonchev–Trinajstić information content (AvgIpc) is 3.42. The van der Waals surface area contributed by atoms with Gasteiger partial charge in [0.15, 0.2) is 0 Å². The number of phosphoric ester groups is 1. The molecule has 0 aromatic rings. The molecular weight excluding hydrogens is 996 g/mol. The number of likely N-dealkylation sites (N-methyl/N-ethyl adjacent to an activating group) is 1.